The maximum Gasteiger partial charge on any atom is 0.0925 e. The summed E-state index contributed by atoms with van der Waals surface area (Å²) in [5, 5.41) is 0. The molecule has 1 heteroatoms. The third kappa shape index (κ3) is 6.85. The molecule has 0 spiro atoms. The van der Waals surface area contributed by atoms with Crippen LogP contribution in [0, 0.1) is 23.7 Å². The molecule has 3 atom stereocenters. The number of alkyl halides is 1. The van der Waals surface area contributed by atoms with Crippen molar-refractivity contribution in [2.45, 2.75) is 60.3 Å². The molecule has 0 aromatic carbocycles. The standard InChI is InChI=1S/C16H31F/c1-7-14(6)10-15(12(2)3)8-9-16(11-17)13(4)5/h13-16H,2,7-11H2,1,3-6H3/t14?,15?,16-/m1/s1. The summed E-state index contributed by atoms with van der Waals surface area (Å²) < 4.78 is 12.9. The van der Waals surface area contributed by atoms with Gasteiger partial charge >= 0.3 is 0 Å². The summed E-state index contributed by atoms with van der Waals surface area (Å²) in [5.41, 5.74) is 1.27. The van der Waals surface area contributed by atoms with Crippen molar-refractivity contribution in [3.63, 3.8) is 0 Å². The van der Waals surface area contributed by atoms with E-state index in [1.54, 1.807) is 0 Å². The summed E-state index contributed by atoms with van der Waals surface area (Å²) in [6, 6.07) is 0. The van der Waals surface area contributed by atoms with E-state index in [0.29, 0.717) is 11.8 Å². The zero-order chi connectivity index (χ0) is 13.4. The lowest BCUT2D eigenvalue weighted by molar-refractivity contribution is 0.251. The SMILES string of the molecule is C=C(C)C(CC[C@H](CF)C(C)C)CC(C)CC. The highest BCUT2D eigenvalue weighted by molar-refractivity contribution is 4.96. The van der Waals surface area contributed by atoms with Gasteiger partial charge in [0.1, 0.15) is 0 Å². The zero-order valence-corrected chi connectivity index (χ0v) is 12.4. The van der Waals surface area contributed by atoms with Crippen molar-refractivity contribution in [1.29, 1.82) is 0 Å². The number of rotatable bonds is 9. The van der Waals surface area contributed by atoms with Crippen molar-refractivity contribution in [3.05, 3.63) is 12.2 Å². The van der Waals surface area contributed by atoms with Gasteiger partial charge in [-0.2, -0.15) is 0 Å². The average molecular weight is 242 g/mol. The Hall–Kier alpha value is -0.330. The Labute approximate surface area is 108 Å². The zero-order valence-electron chi connectivity index (χ0n) is 12.4. The maximum absolute atomic E-state index is 12.9. The van der Waals surface area contributed by atoms with E-state index >= 15 is 0 Å². The second kappa shape index (κ2) is 8.72. The molecular formula is C16H31F. The fraction of sp³-hybridized carbons (Fsp3) is 0.875. The fourth-order valence-corrected chi connectivity index (χ4v) is 2.22. The highest BCUT2D eigenvalue weighted by atomic mass is 19.1. The van der Waals surface area contributed by atoms with E-state index in [1.165, 1.54) is 18.4 Å². The molecule has 0 aliphatic rings. The molecular weight excluding hydrogens is 211 g/mol. The van der Waals surface area contributed by atoms with Crippen molar-refractivity contribution in [2.24, 2.45) is 23.7 Å². The molecule has 0 saturated heterocycles. The lowest BCUT2D eigenvalue weighted by Crippen LogP contribution is -2.15. The van der Waals surface area contributed by atoms with Crippen LogP contribution in [0.25, 0.3) is 0 Å². The van der Waals surface area contributed by atoms with E-state index in [2.05, 4.69) is 41.2 Å². The normalized spacial score (nSPS) is 16.9. The second-order valence-corrected chi connectivity index (χ2v) is 6.03. The quantitative estimate of drug-likeness (QED) is 0.459. The molecule has 102 valence electrons. The van der Waals surface area contributed by atoms with Crippen LogP contribution in [0.3, 0.4) is 0 Å². The van der Waals surface area contributed by atoms with Crippen LogP contribution in [0.5, 0.6) is 0 Å². The van der Waals surface area contributed by atoms with Gasteiger partial charge in [0, 0.05) is 0 Å². The molecule has 2 unspecified atom stereocenters. The van der Waals surface area contributed by atoms with Crippen molar-refractivity contribution < 1.29 is 4.39 Å². The molecule has 0 aromatic heterocycles. The van der Waals surface area contributed by atoms with E-state index in [0.717, 1.165) is 18.8 Å². The van der Waals surface area contributed by atoms with Crippen LogP contribution in [-0.4, -0.2) is 6.67 Å². The molecule has 0 nitrogen and oxygen atoms in total. The molecule has 0 fully saturated rings. The maximum atomic E-state index is 12.9. The van der Waals surface area contributed by atoms with E-state index < -0.39 is 0 Å². The van der Waals surface area contributed by atoms with E-state index in [-0.39, 0.29) is 12.6 Å². The van der Waals surface area contributed by atoms with Crippen LogP contribution in [0.1, 0.15) is 60.3 Å². The second-order valence-electron chi connectivity index (χ2n) is 6.03. The summed E-state index contributed by atoms with van der Waals surface area (Å²) in [7, 11) is 0. The molecule has 0 saturated carbocycles. The first kappa shape index (κ1) is 16.7. The average Bonchev–Trinajstić information content (AvgIpc) is 2.27. The Morgan fingerprint density at radius 1 is 1.18 bits per heavy atom. The van der Waals surface area contributed by atoms with Gasteiger partial charge in [-0.1, -0.05) is 46.3 Å². The van der Waals surface area contributed by atoms with Crippen molar-refractivity contribution >= 4 is 0 Å². The van der Waals surface area contributed by atoms with Gasteiger partial charge in [0.15, 0.2) is 0 Å². The fourth-order valence-electron chi connectivity index (χ4n) is 2.22. The van der Waals surface area contributed by atoms with Crippen LogP contribution in [-0.2, 0) is 0 Å². The Balaban J connectivity index is 4.21. The lowest BCUT2D eigenvalue weighted by atomic mass is 9.82. The van der Waals surface area contributed by atoms with Gasteiger partial charge in [-0.3, -0.25) is 4.39 Å². The summed E-state index contributed by atoms with van der Waals surface area (Å²) in [4.78, 5) is 0. The lowest BCUT2D eigenvalue weighted by Gasteiger charge is -2.24. The van der Waals surface area contributed by atoms with E-state index in [9.17, 15) is 4.39 Å². The predicted octanol–water partition coefficient (Wildman–Crippen LogP) is 5.64. The smallest absolute Gasteiger partial charge is 0.0925 e. The summed E-state index contributed by atoms with van der Waals surface area (Å²) in [6.07, 6.45) is 4.54. The van der Waals surface area contributed by atoms with Gasteiger partial charge < -0.3 is 0 Å². The first-order chi connectivity index (χ1) is 7.92. The van der Waals surface area contributed by atoms with Crippen molar-refractivity contribution in [2.75, 3.05) is 6.67 Å². The Morgan fingerprint density at radius 2 is 1.76 bits per heavy atom. The summed E-state index contributed by atoms with van der Waals surface area (Å²) in [6.45, 7) is 14.8. The molecule has 0 aliphatic carbocycles. The summed E-state index contributed by atoms with van der Waals surface area (Å²) >= 11 is 0. The minimum Gasteiger partial charge on any atom is -0.251 e. The van der Waals surface area contributed by atoms with Gasteiger partial charge in [0.05, 0.1) is 6.67 Å². The number of halogens is 1. The molecule has 0 aliphatic heterocycles. The van der Waals surface area contributed by atoms with Crippen LogP contribution < -0.4 is 0 Å². The Kier molecular flexibility index (Phi) is 8.55. The van der Waals surface area contributed by atoms with Crippen molar-refractivity contribution in [1.82, 2.24) is 0 Å². The Morgan fingerprint density at radius 3 is 2.12 bits per heavy atom. The molecule has 17 heavy (non-hydrogen) atoms. The van der Waals surface area contributed by atoms with Gasteiger partial charge in [-0.15, -0.1) is 0 Å². The first-order valence-corrected chi connectivity index (χ1v) is 7.13. The van der Waals surface area contributed by atoms with Crippen molar-refractivity contribution in [3.8, 4) is 0 Å². The minimum atomic E-state index is -0.177. The molecule has 0 aromatic rings. The number of hydrogen-bond acceptors (Lipinski definition) is 0. The van der Waals surface area contributed by atoms with Crippen LogP contribution in [0.2, 0.25) is 0 Å². The molecule has 0 N–H and O–H groups in total. The van der Waals surface area contributed by atoms with Crippen LogP contribution in [0.15, 0.2) is 12.2 Å². The van der Waals surface area contributed by atoms with Gasteiger partial charge in [-0.05, 0) is 49.9 Å². The molecule has 0 radical (unpaired) electrons. The van der Waals surface area contributed by atoms with E-state index in [1.807, 2.05) is 0 Å². The highest BCUT2D eigenvalue weighted by Gasteiger charge is 2.18. The topological polar surface area (TPSA) is 0 Å². The largest absolute Gasteiger partial charge is 0.251 e. The highest BCUT2D eigenvalue weighted by Crippen LogP contribution is 2.28. The van der Waals surface area contributed by atoms with E-state index in [4.69, 9.17) is 0 Å². The monoisotopic (exact) mass is 242 g/mol. The van der Waals surface area contributed by atoms with Crippen LogP contribution in [0.4, 0.5) is 4.39 Å². The van der Waals surface area contributed by atoms with Gasteiger partial charge in [-0.25, -0.2) is 0 Å². The van der Waals surface area contributed by atoms with Gasteiger partial charge in [0.25, 0.3) is 0 Å². The third-order valence-corrected chi connectivity index (χ3v) is 4.11. The Bertz CT molecular complexity index is 208. The first-order valence-electron chi connectivity index (χ1n) is 7.13. The minimum absolute atomic E-state index is 0.177. The molecule has 0 bridgehead atoms. The number of allylic oxidation sites excluding steroid dienone is 1. The molecule has 0 rings (SSSR count). The molecule has 0 heterocycles. The van der Waals surface area contributed by atoms with Crippen LogP contribution >= 0.6 is 0 Å². The third-order valence-electron chi connectivity index (χ3n) is 4.11. The summed E-state index contributed by atoms with van der Waals surface area (Å²) in [5.74, 6) is 2.01. The predicted molar refractivity (Wildman–Crippen MR) is 75.9 cm³/mol. The molecule has 0 amide bonds. The number of hydrogen-bond donors (Lipinski definition) is 0. The van der Waals surface area contributed by atoms with Gasteiger partial charge in [0.2, 0.25) is 0 Å².